The summed E-state index contributed by atoms with van der Waals surface area (Å²) in [5, 5.41) is 2.86. The van der Waals surface area contributed by atoms with Gasteiger partial charge in [0.2, 0.25) is 0 Å². The van der Waals surface area contributed by atoms with Crippen molar-refractivity contribution in [2.45, 2.75) is 38.8 Å². The van der Waals surface area contributed by atoms with Gasteiger partial charge in [0.25, 0.3) is 11.8 Å². The van der Waals surface area contributed by atoms with Crippen LogP contribution < -0.4 is 5.32 Å². The summed E-state index contributed by atoms with van der Waals surface area (Å²) in [7, 11) is 0. The molecule has 5 rings (SSSR count). The first-order chi connectivity index (χ1) is 18.1. The third-order valence-electron chi connectivity index (χ3n) is 6.17. The number of halogens is 1. The predicted molar refractivity (Wildman–Crippen MR) is 147 cm³/mol. The number of aromatic nitrogens is 2. The number of nitrogens with one attached hydrogen (secondary N) is 1. The van der Waals surface area contributed by atoms with Gasteiger partial charge in [-0.05, 0) is 73.0 Å². The van der Waals surface area contributed by atoms with Gasteiger partial charge in [0, 0.05) is 18.0 Å². The molecule has 1 unspecified atom stereocenters. The molecule has 2 aromatic carbocycles. The number of rotatable bonds is 6. The molecule has 3 heterocycles. The van der Waals surface area contributed by atoms with Crippen LogP contribution in [0, 0.1) is 0 Å². The Hall–Kier alpha value is -3.98. The lowest BCUT2D eigenvalue weighted by Gasteiger charge is -2.26. The molecule has 0 spiro atoms. The highest BCUT2D eigenvalue weighted by Gasteiger charge is 2.37. The SMILES string of the molecule is CC(C)(C)OC(=O)NC(Cc1ccc(-c2cn3cccc(Br)c3n2)cc1)CN1C(=O)c2ccccc2C1=O. The second-order valence-electron chi connectivity index (χ2n) is 10.2. The number of hydrogen-bond acceptors (Lipinski definition) is 5. The minimum absolute atomic E-state index is 0.0216. The third-order valence-corrected chi connectivity index (χ3v) is 6.79. The highest BCUT2D eigenvalue weighted by molar-refractivity contribution is 9.10. The second-order valence-corrected chi connectivity index (χ2v) is 11.1. The number of carbonyl (C=O) groups excluding carboxylic acids is 3. The summed E-state index contributed by atoms with van der Waals surface area (Å²) in [4.78, 5) is 44.4. The van der Waals surface area contributed by atoms with Crippen LogP contribution >= 0.6 is 15.9 Å². The maximum atomic E-state index is 13.0. The lowest BCUT2D eigenvalue weighted by atomic mass is 10.0. The van der Waals surface area contributed by atoms with E-state index in [0.717, 1.165) is 26.9 Å². The average molecular weight is 575 g/mol. The van der Waals surface area contributed by atoms with Gasteiger partial charge in [-0.3, -0.25) is 14.5 Å². The number of hydrogen-bond donors (Lipinski definition) is 1. The third kappa shape index (κ3) is 5.33. The molecule has 0 saturated carbocycles. The molecule has 1 N–H and O–H groups in total. The van der Waals surface area contributed by atoms with Crippen LogP contribution in [0.5, 0.6) is 0 Å². The van der Waals surface area contributed by atoms with Crippen molar-refractivity contribution in [2.24, 2.45) is 0 Å². The van der Waals surface area contributed by atoms with Crippen molar-refractivity contribution in [1.82, 2.24) is 19.6 Å². The molecule has 2 aromatic heterocycles. The van der Waals surface area contributed by atoms with E-state index in [1.807, 2.05) is 53.2 Å². The fraction of sp³-hybridized carbons (Fsp3) is 0.241. The van der Waals surface area contributed by atoms with Crippen LogP contribution in [0.2, 0.25) is 0 Å². The van der Waals surface area contributed by atoms with E-state index in [9.17, 15) is 14.4 Å². The van der Waals surface area contributed by atoms with E-state index in [1.54, 1.807) is 45.0 Å². The molecule has 0 radical (unpaired) electrons. The summed E-state index contributed by atoms with van der Waals surface area (Å²) in [5.74, 6) is -0.732. The molecular weight excluding hydrogens is 548 g/mol. The molecule has 38 heavy (non-hydrogen) atoms. The van der Waals surface area contributed by atoms with Gasteiger partial charge >= 0.3 is 6.09 Å². The molecule has 0 saturated heterocycles. The smallest absolute Gasteiger partial charge is 0.407 e. The number of benzene rings is 2. The van der Waals surface area contributed by atoms with E-state index in [1.165, 1.54) is 4.90 Å². The minimum Gasteiger partial charge on any atom is -0.444 e. The van der Waals surface area contributed by atoms with E-state index in [0.29, 0.717) is 17.5 Å². The van der Waals surface area contributed by atoms with Crippen molar-refractivity contribution in [3.63, 3.8) is 0 Å². The van der Waals surface area contributed by atoms with Crippen molar-refractivity contribution in [1.29, 1.82) is 0 Å². The predicted octanol–water partition coefficient (Wildman–Crippen LogP) is 5.50. The first-order valence-electron chi connectivity index (χ1n) is 12.3. The Kier molecular flexibility index (Phi) is 6.79. The number of pyridine rings is 1. The van der Waals surface area contributed by atoms with Crippen LogP contribution in [0.4, 0.5) is 4.79 Å². The fourth-order valence-electron chi connectivity index (χ4n) is 4.47. The Morgan fingerprint density at radius 2 is 1.66 bits per heavy atom. The summed E-state index contributed by atoms with van der Waals surface area (Å²) in [6.45, 7) is 5.36. The molecule has 4 aromatic rings. The first kappa shape index (κ1) is 25.7. The van der Waals surface area contributed by atoms with E-state index in [4.69, 9.17) is 9.72 Å². The Bertz CT molecular complexity index is 1500. The van der Waals surface area contributed by atoms with Crippen LogP contribution in [0.3, 0.4) is 0 Å². The zero-order valence-electron chi connectivity index (χ0n) is 21.3. The van der Waals surface area contributed by atoms with Crippen molar-refractivity contribution >= 4 is 39.5 Å². The highest BCUT2D eigenvalue weighted by Crippen LogP contribution is 2.25. The lowest BCUT2D eigenvalue weighted by Crippen LogP contribution is -2.48. The number of carbonyl (C=O) groups is 3. The summed E-state index contributed by atoms with van der Waals surface area (Å²) >= 11 is 3.53. The molecule has 8 nitrogen and oxygen atoms in total. The first-order valence-corrected chi connectivity index (χ1v) is 13.1. The topological polar surface area (TPSA) is 93.0 Å². The van der Waals surface area contributed by atoms with Crippen LogP contribution in [0.15, 0.2) is 77.5 Å². The second kappa shape index (κ2) is 10.1. The number of imidazole rings is 1. The summed E-state index contributed by atoms with van der Waals surface area (Å²) in [6, 6.07) is 17.9. The van der Waals surface area contributed by atoms with E-state index < -0.39 is 17.7 Å². The Morgan fingerprint density at radius 1 is 1.00 bits per heavy atom. The monoisotopic (exact) mass is 574 g/mol. The Balaban J connectivity index is 1.36. The molecule has 0 bridgehead atoms. The standard InChI is InChI=1S/C29H27BrN4O4/c1-29(2,3)38-28(37)31-20(16-34-26(35)21-7-4-5-8-22(21)27(34)36)15-18-10-12-19(13-11-18)24-17-33-14-6-9-23(30)25(33)32-24/h4-14,17,20H,15-16H2,1-3H3,(H,31,37). The van der Waals surface area contributed by atoms with Crippen LogP contribution in [0.25, 0.3) is 16.9 Å². The number of nitrogens with zero attached hydrogens (tertiary/aromatic N) is 3. The number of ether oxygens (including phenoxy) is 1. The van der Waals surface area contributed by atoms with Crippen molar-refractivity contribution in [2.75, 3.05) is 6.54 Å². The van der Waals surface area contributed by atoms with E-state index >= 15 is 0 Å². The molecule has 1 aliphatic rings. The van der Waals surface area contributed by atoms with Gasteiger partial charge in [0.1, 0.15) is 5.60 Å². The van der Waals surface area contributed by atoms with Crippen LogP contribution in [0.1, 0.15) is 47.1 Å². The Labute approximate surface area is 228 Å². The lowest BCUT2D eigenvalue weighted by molar-refractivity contribution is 0.0468. The molecule has 9 heteroatoms. The fourth-order valence-corrected chi connectivity index (χ4v) is 4.92. The molecule has 194 valence electrons. The van der Waals surface area contributed by atoms with Crippen molar-refractivity contribution in [3.05, 3.63) is 94.2 Å². The van der Waals surface area contributed by atoms with Gasteiger partial charge in [0.05, 0.1) is 33.9 Å². The number of imide groups is 1. The largest absolute Gasteiger partial charge is 0.444 e. The molecule has 1 atom stereocenters. The van der Waals surface area contributed by atoms with Gasteiger partial charge in [-0.1, -0.05) is 36.4 Å². The highest BCUT2D eigenvalue weighted by atomic mass is 79.9. The Morgan fingerprint density at radius 3 is 2.26 bits per heavy atom. The van der Waals surface area contributed by atoms with E-state index in [-0.39, 0.29) is 18.4 Å². The normalized spacial score (nSPS) is 14.1. The molecule has 0 aliphatic carbocycles. The van der Waals surface area contributed by atoms with E-state index in [2.05, 4.69) is 21.2 Å². The molecular formula is C29H27BrN4O4. The molecule has 3 amide bonds. The van der Waals surface area contributed by atoms with Crippen molar-refractivity contribution in [3.8, 4) is 11.3 Å². The van der Waals surface area contributed by atoms with Crippen molar-refractivity contribution < 1.29 is 19.1 Å². The van der Waals surface area contributed by atoms with Gasteiger partial charge in [-0.25, -0.2) is 9.78 Å². The quantitative estimate of drug-likeness (QED) is 0.307. The van der Waals surface area contributed by atoms with Gasteiger partial charge in [-0.15, -0.1) is 0 Å². The summed E-state index contributed by atoms with van der Waals surface area (Å²) < 4.78 is 8.31. The number of alkyl carbamates (subject to hydrolysis) is 1. The minimum atomic E-state index is -0.686. The number of amides is 3. The maximum Gasteiger partial charge on any atom is 0.407 e. The number of fused-ring (bicyclic) bond motifs is 2. The van der Waals surface area contributed by atoms with Crippen LogP contribution in [-0.2, 0) is 11.2 Å². The average Bonchev–Trinajstić information content (AvgIpc) is 3.40. The summed E-state index contributed by atoms with van der Waals surface area (Å²) in [6.07, 6.45) is 3.69. The molecule has 0 fully saturated rings. The zero-order chi connectivity index (χ0) is 27.0. The van der Waals surface area contributed by atoms with Gasteiger partial charge < -0.3 is 14.5 Å². The van der Waals surface area contributed by atoms with Gasteiger partial charge in [-0.2, -0.15) is 0 Å². The molecule has 1 aliphatic heterocycles. The summed E-state index contributed by atoms with van der Waals surface area (Å²) in [5.41, 5.74) is 3.59. The maximum absolute atomic E-state index is 13.0. The van der Waals surface area contributed by atoms with Crippen LogP contribution in [-0.4, -0.2) is 50.4 Å². The zero-order valence-corrected chi connectivity index (χ0v) is 22.9. The van der Waals surface area contributed by atoms with Gasteiger partial charge in [0.15, 0.2) is 5.65 Å².